The Hall–Kier alpha value is -3.42. The summed E-state index contributed by atoms with van der Waals surface area (Å²) in [7, 11) is 1.64. The van der Waals surface area contributed by atoms with Gasteiger partial charge in [0, 0.05) is 17.5 Å². The molecule has 28 heavy (non-hydrogen) atoms. The van der Waals surface area contributed by atoms with Crippen LogP contribution in [0.2, 0.25) is 0 Å². The first-order valence-electron chi connectivity index (χ1n) is 8.77. The van der Waals surface area contributed by atoms with Crippen molar-refractivity contribution in [3.05, 3.63) is 47.5 Å². The van der Waals surface area contributed by atoms with Crippen LogP contribution >= 0.6 is 0 Å². The van der Waals surface area contributed by atoms with Gasteiger partial charge in [0.1, 0.15) is 18.1 Å². The Balaban J connectivity index is 1.86. The molecule has 0 spiro atoms. The lowest BCUT2D eigenvalue weighted by molar-refractivity contribution is 0.174. The number of urea groups is 1. The van der Waals surface area contributed by atoms with E-state index in [1.54, 1.807) is 14.0 Å². The zero-order valence-corrected chi connectivity index (χ0v) is 16.0. The number of hydrogen-bond acceptors (Lipinski definition) is 6. The van der Waals surface area contributed by atoms with E-state index < -0.39 is 6.03 Å². The first-order valence-corrected chi connectivity index (χ1v) is 8.77. The molecule has 0 aromatic heterocycles. The first kappa shape index (κ1) is 19.3. The standard InChI is InChI=1S/C20H23N3O5/c1-12(22-23-20(21)24)10-26-17-9-19-18(27-11-28-19)8-16(17)13(2)14-4-6-15(25-3)7-5-14/h4-9,13H,10-11H2,1-3H3,(H3,21,23,24)/b22-12+. The molecule has 2 aromatic rings. The predicted molar refractivity (Wildman–Crippen MR) is 104 cm³/mol. The van der Waals surface area contributed by atoms with Gasteiger partial charge in [0.15, 0.2) is 11.5 Å². The van der Waals surface area contributed by atoms with E-state index >= 15 is 0 Å². The van der Waals surface area contributed by atoms with Gasteiger partial charge in [0.2, 0.25) is 6.79 Å². The maximum Gasteiger partial charge on any atom is 0.332 e. The molecule has 8 nitrogen and oxygen atoms in total. The molecule has 148 valence electrons. The van der Waals surface area contributed by atoms with E-state index in [1.807, 2.05) is 36.4 Å². The summed E-state index contributed by atoms with van der Waals surface area (Å²) in [6.07, 6.45) is 0. The summed E-state index contributed by atoms with van der Waals surface area (Å²) in [6, 6.07) is 10.9. The number of hydrogen-bond donors (Lipinski definition) is 2. The van der Waals surface area contributed by atoms with E-state index in [0.29, 0.717) is 23.0 Å². The second-order valence-corrected chi connectivity index (χ2v) is 6.35. The zero-order chi connectivity index (χ0) is 20.1. The Morgan fingerprint density at radius 2 is 1.93 bits per heavy atom. The van der Waals surface area contributed by atoms with Crippen LogP contribution in [0.25, 0.3) is 0 Å². The number of fused-ring (bicyclic) bond motifs is 1. The van der Waals surface area contributed by atoms with Crippen LogP contribution < -0.4 is 30.1 Å². The Kier molecular flexibility index (Phi) is 5.88. The van der Waals surface area contributed by atoms with Crippen molar-refractivity contribution in [3.8, 4) is 23.0 Å². The fourth-order valence-corrected chi connectivity index (χ4v) is 2.84. The molecule has 1 heterocycles. The predicted octanol–water partition coefficient (Wildman–Crippen LogP) is 3.00. The quantitative estimate of drug-likeness (QED) is 0.563. The van der Waals surface area contributed by atoms with Crippen molar-refractivity contribution in [1.82, 2.24) is 5.43 Å². The monoisotopic (exact) mass is 385 g/mol. The lowest BCUT2D eigenvalue weighted by Gasteiger charge is -2.18. The van der Waals surface area contributed by atoms with Crippen molar-refractivity contribution in [2.24, 2.45) is 10.8 Å². The third-order valence-electron chi connectivity index (χ3n) is 4.38. The van der Waals surface area contributed by atoms with Crippen molar-refractivity contribution >= 4 is 11.7 Å². The molecule has 0 saturated heterocycles. The van der Waals surface area contributed by atoms with Crippen LogP contribution in [0.4, 0.5) is 4.79 Å². The van der Waals surface area contributed by atoms with Crippen LogP contribution in [0.15, 0.2) is 41.5 Å². The van der Waals surface area contributed by atoms with Crippen LogP contribution in [-0.4, -0.2) is 32.3 Å². The number of nitrogens with two attached hydrogens (primary N) is 1. The van der Waals surface area contributed by atoms with E-state index in [9.17, 15) is 4.79 Å². The van der Waals surface area contributed by atoms with Crippen molar-refractivity contribution in [3.63, 3.8) is 0 Å². The van der Waals surface area contributed by atoms with Crippen LogP contribution in [0, 0.1) is 0 Å². The number of benzene rings is 2. The molecule has 2 aromatic carbocycles. The molecule has 0 aliphatic carbocycles. The van der Waals surface area contributed by atoms with Crippen molar-refractivity contribution in [2.45, 2.75) is 19.8 Å². The third kappa shape index (κ3) is 4.46. The molecule has 2 amide bonds. The molecule has 1 unspecified atom stereocenters. The van der Waals surface area contributed by atoms with Gasteiger partial charge >= 0.3 is 6.03 Å². The number of nitrogens with one attached hydrogen (secondary N) is 1. The van der Waals surface area contributed by atoms with Gasteiger partial charge in [-0.3, -0.25) is 0 Å². The van der Waals surface area contributed by atoms with E-state index in [0.717, 1.165) is 16.9 Å². The molecule has 3 rings (SSSR count). The molecule has 1 aliphatic rings. The highest BCUT2D eigenvalue weighted by Crippen LogP contribution is 2.42. The number of carbonyl (C=O) groups is 1. The fourth-order valence-electron chi connectivity index (χ4n) is 2.84. The van der Waals surface area contributed by atoms with Gasteiger partial charge in [-0.2, -0.15) is 5.10 Å². The Morgan fingerprint density at radius 3 is 2.57 bits per heavy atom. The number of hydrazone groups is 1. The maximum absolute atomic E-state index is 10.8. The van der Waals surface area contributed by atoms with Gasteiger partial charge in [-0.1, -0.05) is 19.1 Å². The van der Waals surface area contributed by atoms with Crippen LogP contribution in [0.5, 0.6) is 23.0 Å². The zero-order valence-electron chi connectivity index (χ0n) is 16.0. The van der Waals surface area contributed by atoms with E-state index in [-0.39, 0.29) is 19.3 Å². The molecule has 0 saturated carbocycles. The summed E-state index contributed by atoms with van der Waals surface area (Å²) in [5, 5.41) is 3.86. The highest BCUT2D eigenvalue weighted by Gasteiger charge is 2.22. The molecule has 1 aliphatic heterocycles. The van der Waals surface area contributed by atoms with E-state index in [4.69, 9.17) is 24.7 Å². The van der Waals surface area contributed by atoms with Crippen molar-refractivity contribution in [2.75, 3.05) is 20.5 Å². The summed E-state index contributed by atoms with van der Waals surface area (Å²) in [6.45, 7) is 4.18. The highest BCUT2D eigenvalue weighted by atomic mass is 16.7. The Bertz CT molecular complexity index is 880. The molecule has 1 atom stereocenters. The van der Waals surface area contributed by atoms with Crippen LogP contribution in [0.3, 0.4) is 0 Å². The smallest absolute Gasteiger partial charge is 0.332 e. The summed E-state index contributed by atoms with van der Waals surface area (Å²) >= 11 is 0. The fraction of sp³-hybridized carbons (Fsp3) is 0.300. The second kappa shape index (κ2) is 8.51. The molecule has 0 bridgehead atoms. The third-order valence-corrected chi connectivity index (χ3v) is 4.38. The number of primary amides is 1. The number of carbonyl (C=O) groups excluding carboxylic acids is 1. The lowest BCUT2D eigenvalue weighted by Crippen LogP contribution is -2.26. The number of ether oxygens (including phenoxy) is 4. The number of nitrogens with zero attached hydrogens (tertiary/aromatic N) is 1. The minimum absolute atomic E-state index is 0.0383. The average Bonchev–Trinajstić information content (AvgIpc) is 3.16. The van der Waals surface area contributed by atoms with Gasteiger partial charge in [-0.15, -0.1) is 0 Å². The Morgan fingerprint density at radius 1 is 1.25 bits per heavy atom. The number of rotatable bonds is 7. The topological polar surface area (TPSA) is 104 Å². The lowest BCUT2D eigenvalue weighted by atomic mass is 9.92. The first-order chi connectivity index (χ1) is 13.5. The maximum atomic E-state index is 10.8. The second-order valence-electron chi connectivity index (χ2n) is 6.35. The molecule has 0 fully saturated rings. The normalized spacial score (nSPS) is 13.8. The summed E-state index contributed by atoms with van der Waals surface area (Å²) in [4.78, 5) is 10.8. The SMILES string of the molecule is COc1ccc(C(C)c2cc3c(cc2OC/C(C)=N/NC(N)=O)OCO3)cc1. The van der Waals surface area contributed by atoms with E-state index in [1.165, 1.54) is 0 Å². The molecule has 8 heteroatoms. The molecular weight excluding hydrogens is 362 g/mol. The van der Waals surface area contributed by atoms with Crippen molar-refractivity contribution in [1.29, 1.82) is 0 Å². The summed E-state index contributed by atoms with van der Waals surface area (Å²) < 4.78 is 22.2. The van der Waals surface area contributed by atoms with Gasteiger partial charge < -0.3 is 24.7 Å². The molecule has 3 N–H and O–H groups in total. The van der Waals surface area contributed by atoms with Crippen molar-refractivity contribution < 1.29 is 23.7 Å². The minimum atomic E-state index is -0.726. The molecule has 0 radical (unpaired) electrons. The highest BCUT2D eigenvalue weighted by molar-refractivity contribution is 5.85. The minimum Gasteiger partial charge on any atom is -0.497 e. The summed E-state index contributed by atoms with van der Waals surface area (Å²) in [5.74, 6) is 2.80. The summed E-state index contributed by atoms with van der Waals surface area (Å²) in [5.41, 5.74) is 9.83. The van der Waals surface area contributed by atoms with Gasteiger partial charge in [-0.05, 0) is 30.7 Å². The largest absolute Gasteiger partial charge is 0.497 e. The van der Waals surface area contributed by atoms with Gasteiger partial charge in [0.25, 0.3) is 0 Å². The van der Waals surface area contributed by atoms with Gasteiger partial charge in [-0.25, -0.2) is 10.2 Å². The van der Waals surface area contributed by atoms with Crippen LogP contribution in [0.1, 0.15) is 30.9 Å². The molecular formula is C20H23N3O5. The van der Waals surface area contributed by atoms with E-state index in [2.05, 4.69) is 17.5 Å². The van der Waals surface area contributed by atoms with Crippen LogP contribution in [-0.2, 0) is 0 Å². The van der Waals surface area contributed by atoms with Gasteiger partial charge in [0.05, 0.1) is 12.8 Å². The number of methoxy groups -OCH3 is 1. The average molecular weight is 385 g/mol. The Labute approximate surface area is 163 Å². The number of amides is 2.